The first kappa shape index (κ1) is 17.0. The van der Waals surface area contributed by atoms with Crippen LogP contribution in [-0.4, -0.2) is 29.0 Å². The van der Waals surface area contributed by atoms with Crippen LogP contribution in [0.15, 0.2) is 36.4 Å². The van der Waals surface area contributed by atoms with E-state index in [1.807, 2.05) is 0 Å². The highest BCUT2D eigenvalue weighted by Gasteiger charge is 2.30. The van der Waals surface area contributed by atoms with Gasteiger partial charge in [-0.15, -0.1) is 0 Å². The number of aliphatic hydroxyl groups is 1. The maximum Gasteiger partial charge on any atom is 0.416 e. The normalized spacial score (nSPS) is 14.9. The Hall–Kier alpha value is -2.02. The molecular weight excluding hydrogens is 287 g/mol. The summed E-state index contributed by atoms with van der Waals surface area (Å²) in [5.41, 5.74) is -0.300. The zero-order valence-corrected chi connectivity index (χ0v) is 11.3. The third-order valence-corrected chi connectivity index (χ3v) is 2.96. The van der Waals surface area contributed by atoms with Crippen LogP contribution < -0.4 is 5.32 Å². The molecule has 0 saturated heterocycles. The highest BCUT2D eigenvalue weighted by atomic mass is 19.4. The highest BCUT2D eigenvalue weighted by molar-refractivity contribution is 5.65. The highest BCUT2D eigenvalue weighted by Crippen LogP contribution is 2.31. The molecule has 0 aliphatic rings. The molecule has 2 unspecified atom stereocenters. The van der Waals surface area contributed by atoms with E-state index < -0.39 is 36.4 Å². The number of halogens is 3. The Kier molecular flexibility index (Phi) is 5.78. The van der Waals surface area contributed by atoms with Crippen LogP contribution >= 0.6 is 0 Å². The molecule has 1 aromatic rings. The average molecular weight is 303 g/mol. The van der Waals surface area contributed by atoms with Crippen molar-refractivity contribution in [2.45, 2.75) is 25.1 Å². The molecule has 4 nitrogen and oxygen atoms in total. The molecule has 21 heavy (non-hydrogen) atoms. The molecule has 1 amide bonds. The molecule has 0 aliphatic carbocycles. The van der Waals surface area contributed by atoms with Crippen LogP contribution in [0.25, 0.3) is 0 Å². The first-order valence-corrected chi connectivity index (χ1v) is 6.20. The van der Waals surface area contributed by atoms with Crippen LogP contribution in [0.3, 0.4) is 0 Å². The van der Waals surface area contributed by atoms with Crippen molar-refractivity contribution in [3.63, 3.8) is 0 Å². The fraction of sp³-hybridized carbons (Fsp3) is 0.357. The summed E-state index contributed by atoms with van der Waals surface area (Å²) in [4.78, 5) is 10.7. The number of nitrogens with one attached hydrogen (secondary N) is 1. The van der Waals surface area contributed by atoms with E-state index in [9.17, 15) is 23.1 Å². The molecule has 0 aromatic heterocycles. The van der Waals surface area contributed by atoms with Crippen LogP contribution in [0.5, 0.6) is 0 Å². The van der Waals surface area contributed by atoms with Crippen LogP contribution in [-0.2, 0) is 6.18 Å². The number of amides is 1. The van der Waals surface area contributed by atoms with Gasteiger partial charge in [0.2, 0.25) is 0 Å². The number of rotatable bonds is 5. The SMILES string of the molecule is C/C=C/C(c1ccc(C(F)(F)F)cc1)C(CO)NC(=O)O. The minimum Gasteiger partial charge on any atom is -0.465 e. The Bertz CT molecular complexity index is 497. The molecule has 0 bridgehead atoms. The Balaban J connectivity index is 3.07. The minimum absolute atomic E-state index is 0.470. The van der Waals surface area contributed by atoms with Crippen molar-refractivity contribution >= 4 is 6.09 Å². The number of aliphatic hydroxyl groups excluding tert-OH is 1. The van der Waals surface area contributed by atoms with Crippen molar-refractivity contribution in [1.82, 2.24) is 5.32 Å². The summed E-state index contributed by atoms with van der Waals surface area (Å²) in [7, 11) is 0. The van der Waals surface area contributed by atoms with Crippen molar-refractivity contribution in [1.29, 1.82) is 0 Å². The van der Waals surface area contributed by atoms with E-state index in [1.165, 1.54) is 12.1 Å². The van der Waals surface area contributed by atoms with E-state index in [2.05, 4.69) is 5.32 Å². The number of alkyl halides is 3. The summed E-state index contributed by atoms with van der Waals surface area (Å²) in [5, 5.41) is 20.2. The molecule has 116 valence electrons. The monoisotopic (exact) mass is 303 g/mol. The topological polar surface area (TPSA) is 69.6 Å². The van der Waals surface area contributed by atoms with Crippen molar-refractivity contribution in [3.05, 3.63) is 47.5 Å². The lowest BCUT2D eigenvalue weighted by Gasteiger charge is -2.23. The van der Waals surface area contributed by atoms with Crippen molar-refractivity contribution in [3.8, 4) is 0 Å². The van der Waals surface area contributed by atoms with Gasteiger partial charge in [0.1, 0.15) is 0 Å². The zero-order chi connectivity index (χ0) is 16.0. The summed E-state index contributed by atoms with van der Waals surface area (Å²) in [6.07, 6.45) is -2.46. The molecule has 3 N–H and O–H groups in total. The lowest BCUT2D eigenvalue weighted by molar-refractivity contribution is -0.137. The largest absolute Gasteiger partial charge is 0.465 e. The Morgan fingerprint density at radius 1 is 1.33 bits per heavy atom. The lowest BCUT2D eigenvalue weighted by atomic mass is 9.90. The fourth-order valence-corrected chi connectivity index (χ4v) is 1.99. The van der Waals surface area contributed by atoms with E-state index in [-0.39, 0.29) is 0 Å². The quantitative estimate of drug-likeness (QED) is 0.732. The van der Waals surface area contributed by atoms with E-state index in [1.54, 1.807) is 19.1 Å². The molecule has 1 aromatic carbocycles. The number of hydrogen-bond donors (Lipinski definition) is 3. The van der Waals surface area contributed by atoms with Crippen molar-refractivity contribution in [2.75, 3.05) is 6.61 Å². The molecule has 0 saturated carbocycles. The molecule has 0 spiro atoms. The van der Waals surface area contributed by atoms with Gasteiger partial charge in [-0.1, -0.05) is 24.3 Å². The molecule has 0 aliphatic heterocycles. The molecule has 0 heterocycles. The first-order chi connectivity index (χ1) is 9.79. The van der Waals surface area contributed by atoms with Crippen molar-refractivity contribution in [2.24, 2.45) is 0 Å². The number of carbonyl (C=O) groups is 1. The third kappa shape index (κ3) is 4.78. The summed E-state index contributed by atoms with van der Waals surface area (Å²) < 4.78 is 37.6. The zero-order valence-electron chi connectivity index (χ0n) is 11.3. The van der Waals surface area contributed by atoms with Crippen LogP contribution in [0, 0.1) is 0 Å². The number of benzene rings is 1. The maximum atomic E-state index is 12.5. The van der Waals surface area contributed by atoms with Gasteiger partial charge in [-0.2, -0.15) is 13.2 Å². The third-order valence-electron chi connectivity index (χ3n) is 2.96. The first-order valence-electron chi connectivity index (χ1n) is 6.20. The molecule has 0 fully saturated rings. The summed E-state index contributed by atoms with van der Waals surface area (Å²) in [6.45, 7) is 1.23. The molecule has 7 heteroatoms. The van der Waals surface area contributed by atoms with Gasteiger partial charge in [-0.3, -0.25) is 0 Å². The summed E-state index contributed by atoms with van der Waals surface area (Å²) >= 11 is 0. The average Bonchev–Trinajstić information content (AvgIpc) is 2.41. The molecule has 1 rings (SSSR count). The standard InChI is InChI=1S/C14H16F3NO3/c1-2-3-11(12(8-19)18-13(20)21)9-4-6-10(7-5-9)14(15,16)17/h2-7,11-12,18-19H,8H2,1H3,(H,20,21)/b3-2+. The molecular formula is C14H16F3NO3. The predicted octanol–water partition coefficient (Wildman–Crippen LogP) is 2.99. The van der Waals surface area contributed by atoms with Gasteiger partial charge in [-0.05, 0) is 24.6 Å². The van der Waals surface area contributed by atoms with Gasteiger partial charge in [-0.25, -0.2) is 4.79 Å². The van der Waals surface area contributed by atoms with Gasteiger partial charge < -0.3 is 15.5 Å². The smallest absolute Gasteiger partial charge is 0.416 e. The van der Waals surface area contributed by atoms with Crippen LogP contribution in [0.1, 0.15) is 24.0 Å². The maximum absolute atomic E-state index is 12.5. The van der Waals surface area contributed by atoms with Crippen molar-refractivity contribution < 1.29 is 28.2 Å². The molecule has 0 radical (unpaired) electrons. The second-order valence-electron chi connectivity index (χ2n) is 4.41. The Labute approximate surface area is 119 Å². The Morgan fingerprint density at radius 3 is 2.29 bits per heavy atom. The minimum atomic E-state index is -4.43. The second kappa shape index (κ2) is 7.12. The van der Waals surface area contributed by atoms with Gasteiger partial charge in [0, 0.05) is 5.92 Å². The van der Waals surface area contributed by atoms with E-state index in [4.69, 9.17) is 5.11 Å². The number of hydrogen-bond acceptors (Lipinski definition) is 2. The summed E-state index contributed by atoms with van der Waals surface area (Å²) in [5.74, 6) is -0.557. The van der Waals surface area contributed by atoms with Gasteiger partial charge in [0.05, 0.1) is 18.2 Å². The van der Waals surface area contributed by atoms with E-state index in [0.29, 0.717) is 5.56 Å². The van der Waals surface area contributed by atoms with E-state index >= 15 is 0 Å². The number of carboxylic acid groups (broad SMARTS) is 1. The van der Waals surface area contributed by atoms with Gasteiger partial charge in [0.25, 0.3) is 0 Å². The van der Waals surface area contributed by atoms with Gasteiger partial charge >= 0.3 is 12.3 Å². The fourth-order valence-electron chi connectivity index (χ4n) is 1.99. The number of allylic oxidation sites excluding steroid dienone is 1. The predicted molar refractivity (Wildman–Crippen MR) is 71.0 cm³/mol. The summed E-state index contributed by atoms with van der Waals surface area (Å²) in [6, 6.07) is 3.58. The van der Waals surface area contributed by atoms with Gasteiger partial charge in [0.15, 0.2) is 0 Å². The Morgan fingerprint density at radius 2 is 1.90 bits per heavy atom. The lowest BCUT2D eigenvalue weighted by Crippen LogP contribution is -2.40. The van der Waals surface area contributed by atoms with E-state index in [0.717, 1.165) is 12.1 Å². The molecule has 2 atom stereocenters. The van der Waals surface area contributed by atoms with Crippen LogP contribution in [0.4, 0.5) is 18.0 Å². The second-order valence-corrected chi connectivity index (χ2v) is 4.41. The van der Waals surface area contributed by atoms with Crippen LogP contribution in [0.2, 0.25) is 0 Å².